The van der Waals surface area contributed by atoms with Gasteiger partial charge in [0.15, 0.2) is 0 Å². The van der Waals surface area contributed by atoms with E-state index >= 15 is 0 Å². The number of rotatable bonds is 1. The minimum absolute atomic E-state index is 0.537. The number of fused-ring (bicyclic) bond motifs is 1. The summed E-state index contributed by atoms with van der Waals surface area (Å²) < 4.78 is 3.44. The van der Waals surface area contributed by atoms with Crippen LogP contribution in [0.3, 0.4) is 0 Å². The molecule has 0 radical (unpaired) electrons. The summed E-state index contributed by atoms with van der Waals surface area (Å²) in [4.78, 5) is 4.48. The average molecular weight is 341 g/mol. The Morgan fingerprint density at radius 1 is 1.41 bits per heavy atom. The molecule has 1 aliphatic rings. The molecule has 0 saturated heterocycles. The molecule has 2 aromatic rings. The van der Waals surface area contributed by atoms with Crippen LogP contribution in [0, 0.1) is 9.49 Å². The highest BCUT2D eigenvalue weighted by Crippen LogP contribution is 2.37. The van der Waals surface area contributed by atoms with Crippen molar-refractivity contribution in [3.63, 3.8) is 0 Å². The zero-order chi connectivity index (χ0) is 12.0. The summed E-state index contributed by atoms with van der Waals surface area (Å²) in [6.07, 6.45) is 3.75. The molecule has 1 saturated carbocycles. The van der Waals surface area contributed by atoms with Crippen molar-refractivity contribution in [1.82, 2.24) is 9.55 Å². The molecular weight excluding hydrogens is 325 g/mol. The summed E-state index contributed by atoms with van der Waals surface area (Å²) in [6.45, 7) is 2.32. The fourth-order valence-electron chi connectivity index (χ4n) is 2.89. The van der Waals surface area contributed by atoms with Gasteiger partial charge in [0, 0.05) is 9.61 Å². The minimum atomic E-state index is 0.537. The van der Waals surface area contributed by atoms with E-state index in [4.69, 9.17) is 5.73 Å². The Bertz CT molecular complexity index is 561. The Labute approximate surface area is 115 Å². The van der Waals surface area contributed by atoms with Crippen LogP contribution in [0.15, 0.2) is 18.2 Å². The van der Waals surface area contributed by atoms with Gasteiger partial charge in [0.05, 0.1) is 11.0 Å². The zero-order valence-electron chi connectivity index (χ0n) is 9.86. The Hall–Kier alpha value is -0.780. The molecule has 1 heterocycles. The van der Waals surface area contributed by atoms with E-state index in [0.29, 0.717) is 12.0 Å². The van der Waals surface area contributed by atoms with Crippen molar-refractivity contribution in [3.05, 3.63) is 21.8 Å². The number of nitrogens with two attached hydrogens (primary N) is 1. The summed E-state index contributed by atoms with van der Waals surface area (Å²) in [6, 6.07) is 6.90. The molecule has 0 amide bonds. The van der Waals surface area contributed by atoms with Crippen molar-refractivity contribution < 1.29 is 0 Å². The molecule has 4 heteroatoms. The number of aromatic nitrogens is 2. The molecule has 3 rings (SSSR count). The zero-order valence-corrected chi connectivity index (χ0v) is 12.0. The Kier molecular flexibility index (Phi) is 2.77. The molecule has 0 aliphatic heterocycles. The number of benzene rings is 1. The minimum Gasteiger partial charge on any atom is -0.369 e. The van der Waals surface area contributed by atoms with Gasteiger partial charge in [-0.3, -0.25) is 0 Å². The van der Waals surface area contributed by atoms with E-state index in [1.165, 1.54) is 28.3 Å². The summed E-state index contributed by atoms with van der Waals surface area (Å²) in [5, 5.41) is 0. The maximum absolute atomic E-state index is 6.08. The van der Waals surface area contributed by atoms with Crippen molar-refractivity contribution in [2.75, 3.05) is 5.73 Å². The molecule has 2 atom stereocenters. The Balaban J connectivity index is 2.12. The van der Waals surface area contributed by atoms with Gasteiger partial charge in [-0.1, -0.05) is 6.92 Å². The van der Waals surface area contributed by atoms with E-state index in [1.54, 1.807) is 0 Å². The SMILES string of the molecule is CC1CCC(n2c(N)nc3cc(I)ccc32)C1. The maximum atomic E-state index is 6.08. The van der Waals surface area contributed by atoms with Gasteiger partial charge in [-0.2, -0.15) is 0 Å². The first kappa shape index (κ1) is 11.3. The Morgan fingerprint density at radius 3 is 2.94 bits per heavy atom. The van der Waals surface area contributed by atoms with Crippen molar-refractivity contribution in [3.8, 4) is 0 Å². The largest absolute Gasteiger partial charge is 0.369 e. The third-order valence-corrected chi connectivity index (χ3v) is 4.38. The lowest BCUT2D eigenvalue weighted by Crippen LogP contribution is -2.08. The predicted octanol–water partition coefficient (Wildman–Crippen LogP) is 3.58. The van der Waals surface area contributed by atoms with Gasteiger partial charge >= 0.3 is 0 Å². The first-order chi connectivity index (χ1) is 8.15. The second-order valence-corrected chi connectivity index (χ2v) is 6.29. The van der Waals surface area contributed by atoms with Crippen LogP contribution < -0.4 is 5.73 Å². The van der Waals surface area contributed by atoms with Crippen LogP contribution in [0.1, 0.15) is 32.2 Å². The van der Waals surface area contributed by atoms with Gasteiger partial charge in [-0.25, -0.2) is 4.98 Å². The summed E-state index contributed by atoms with van der Waals surface area (Å²) in [7, 11) is 0. The normalized spacial score (nSPS) is 24.6. The van der Waals surface area contributed by atoms with E-state index in [1.807, 2.05) is 0 Å². The lowest BCUT2D eigenvalue weighted by molar-refractivity contribution is 0.510. The van der Waals surface area contributed by atoms with Crippen LogP contribution in [0.4, 0.5) is 5.95 Å². The van der Waals surface area contributed by atoms with Crippen LogP contribution in [-0.4, -0.2) is 9.55 Å². The van der Waals surface area contributed by atoms with Gasteiger partial charge in [-0.15, -0.1) is 0 Å². The van der Waals surface area contributed by atoms with Gasteiger partial charge in [0.25, 0.3) is 0 Å². The molecule has 1 aromatic heterocycles. The highest BCUT2D eigenvalue weighted by molar-refractivity contribution is 14.1. The topological polar surface area (TPSA) is 43.8 Å². The number of nitrogens with zero attached hydrogens (tertiary/aromatic N) is 2. The van der Waals surface area contributed by atoms with E-state index in [-0.39, 0.29) is 0 Å². The lowest BCUT2D eigenvalue weighted by atomic mass is 10.1. The number of hydrogen-bond acceptors (Lipinski definition) is 2. The van der Waals surface area contributed by atoms with Crippen molar-refractivity contribution in [2.24, 2.45) is 5.92 Å². The van der Waals surface area contributed by atoms with Crippen LogP contribution >= 0.6 is 22.6 Å². The molecule has 1 fully saturated rings. The third-order valence-electron chi connectivity index (χ3n) is 3.71. The Morgan fingerprint density at radius 2 is 2.24 bits per heavy atom. The average Bonchev–Trinajstić information content (AvgIpc) is 2.80. The molecule has 1 aliphatic carbocycles. The molecular formula is C13H16IN3. The molecule has 90 valence electrons. The van der Waals surface area contributed by atoms with Crippen molar-refractivity contribution >= 4 is 39.6 Å². The second-order valence-electron chi connectivity index (χ2n) is 5.05. The van der Waals surface area contributed by atoms with Crippen LogP contribution in [0.25, 0.3) is 11.0 Å². The predicted molar refractivity (Wildman–Crippen MR) is 78.9 cm³/mol. The number of halogens is 1. The van der Waals surface area contributed by atoms with Crippen molar-refractivity contribution in [1.29, 1.82) is 0 Å². The van der Waals surface area contributed by atoms with Gasteiger partial charge in [0.1, 0.15) is 0 Å². The van der Waals surface area contributed by atoms with Crippen LogP contribution in [0.5, 0.6) is 0 Å². The van der Waals surface area contributed by atoms with E-state index in [2.05, 4.69) is 57.3 Å². The summed E-state index contributed by atoms with van der Waals surface area (Å²) >= 11 is 2.31. The van der Waals surface area contributed by atoms with Crippen molar-refractivity contribution in [2.45, 2.75) is 32.2 Å². The number of imidazole rings is 1. The molecule has 17 heavy (non-hydrogen) atoms. The quantitative estimate of drug-likeness (QED) is 0.806. The molecule has 2 N–H and O–H groups in total. The summed E-state index contributed by atoms with van der Waals surface area (Å²) in [5.41, 5.74) is 8.28. The van der Waals surface area contributed by atoms with Gasteiger partial charge in [0.2, 0.25) is 5.95 Å². The lowest BCUT2D eigenvalue weighted by Gasteiger charge is -2.14. The molecule has 1 aromatic carbocycles. The molecule has 2 unspecified atom stereocenters. The molecule has 0 bridgehead atoms. The van der Waals surface area contributed by atoms with Gasteiger partial charge in [-0.05, 0) is 66.0 Å². The first-order valence-electron chi connectivity index (χ1n) is 6.08. The van der Waals surface area contributed by atoms with E-state index in [9.17, 15) is 0 Å². The van der Waals surface area contributed by atoms with Gasteiger partial charge < -0.3 is 10.3 Å². The fourth-order valence-corrected chi connectivity index (χ4v) is 3.36. The third kappa shape index (κ3) is 1.92. The molecule has 3 nitrogen and oxygen atoms in total. The smallest absolute Gasteiger partial charge is 0.201 e. The second kappa shape index (κ2) is 4.15. The van der Waals surface area contributed by atoms with Crippen LogP contribution in [0.2, 0.25) is 0 Å². The van der Waals surface area contributed by atoms with E-state index in [0.717, 1.165) is 11.4 Å². The highest BCUT2D eigenvalue weighted by Gasteiger charge is 2.25. The highest BCUT2D eigenvalue weighted by atomic mass is 127. The first-order valence-corrected chi connectivity index (χ1v) is 7.16. The van der Waals surface area contributed by atoms with Crippen LogP contribution in [-0.2, 0) is 0 Å². The number of nitrogen functional groups attached to an aromatic ring is 1. The van der Waals surface area contributed by atoms with E-state index < -0.39 is 0 Å². The number of hydrogen-bond donors (Lipinski definition) is 1. The standard InChI is InChI=1S/C13H16IN3/c1-8-2-4-10(6-8)17-12-5-3-9(14)7-11(12)16-13(17)15/h3,5,7-8,10H,2,4,6H2,1H3,(H2,15,16). The molecule has 0 spiro atoms. The fraction of sp³-hybridized carbons (Fsp3) is 0.462. The maximum Gasteiger partial charge on any atom is 0.201 e. The monoisotopic (exact) mass is 341 g/mol. The summed E-state index contributed by atoms with van der Waals surface area (Å²) in [5.74, 6) is 1.47. The number of anilines is 1.